The minimum atomic E-state index is -3.53. The third-order valence-electron chi connectivity index (χ3n) is 6.44. The fraction of sp³-hybridized carbons (Fsp3) is 0.650. The van der Waals surface area contributed by atoms with E-state index in [1.165, 1.54) is 19.3 Å². The fourth-order valence-electron chi connectivity index (χ4n) is 4.94. The second-order valence-corrected chi connectivity index (χ2v) is 10.1. The molecule has 0 unspecified atom stereocenters. The van der Waals surface area contributed by atoms with E-state index in [0.29, 0.717) is 30.1 Å². The van der Waals surface area contributed by atoms with Crippen LogP contribution in [-0.4, -0.2) is 37.8 Å². The van der Waals surface area contributed by atoms with Crippen molar-refractivity contribution < 1.29 is 13.2 Å². The molecule has 3 fully saturated rings. The molecule has 6 heteroatoms. The molecule has 3 aliphatic rings. The summed E-state index contributed by atoms with van der Waals surface area (Å²) in [6.45, 7) is 2.95. The van der Waals surface area contributed by atoms with Gasteiger partial charge in [0.05, 0.1) is 4.90 Å². The number of aryl methyl sites for hydroxylation is 1. The average Bonchev–Trinajstić information content (AvgIpc) is 3.25. The van der Waals surface area contributed by atoms with Gasteiger partial charge >= 0.3 is 0 Å². The zero-order valence-electron chi connectivity index (χ0n) is 15.4. The van der Waals surface area contributed by atoms with E-state index in [1.54, 1.807) is 29.4 Å². The van der Waals surface area contributed by atoms with Gasteiger partial charge in [-0.15, -0.1) is 0 Å². The predicted octanol–water partition coefficient (Wildman–Crippen LogP) is 3.09. The number of nitrogens with one attached hydrogen (secondary N) is 1. The lowest BCUT2D eigenvalue weighted by atomic mass is 9.95. The summed E-state index contributed by atoms with van der Waals surface area (Å²) in [6, 6.07) is 5.33. The molecule has 0 spiro atoms. The van der Waals surface area contributed by atoms with E-state index < -0.39 is 10.0 Å². The summed E-state index contributed by atoms with van der Waals surface area (Å²) in [5.41, 5.74) is 1.15. The van der Waals surface area contributed by atoms with Crippen LogP contribution in [0.15, 0.2) is 23.1 Å². The molecule has 1 saturated heterocycles. The Hall–Kier alpha value is -1.40. The highest BCUT2D eigenvalue weighted by Gasteiger charge is 2.40. The molecule has 1 N–H and O–H groups in total. The molecule has 1 aromatic rings. The van der Waals surface area contributed by atoms with Crippen LogP contribution in [-0.2, 0) is 10.0 Å². The molecule has 142 valence electrons. The van der Waals surface area contributed by atoms with Gasteiger partial charge in [0.15, 0.2) is 0 Å². The largest absolute Gasteiger partial charge is 0.349 e. The van der Waals surface area contributed by atoms with Crippen LogP contribution in [0.2, 0.25) is 0 Å². The van der Waals surface area contributed by atoms with Gasteiger partial charge in [-0.1, -0.05) is 18.9 Å². The quantitative estimate of drug-likeness (QED) is 0.878. The molecule has 2 bridgehead atoms. The minimum absolute atomic E-state index is 0.141. The van der Waals surface area contributed by atoms with Gasteiger partial charge in [0.1, 0.15) is 0 Å². The Labute approximate surface area is 156 Å². The number of amides is 1. The highest BCUT2D eigenvalue weighted by molar-refractivity contribution is 7.89. The molecule has 2 aliphatic carbocycles. The van der Waals surface area contributed by atoms with Crippen LogP contribution >= 0.6 is 0 Å². The zero-order valence-corrected chi connectivity index (χ0v) is 16.2. The van der Waals surface area contributed by atoms with Crippen LogP contribution in [0.4, 0.5) is 0 Å². The molecular weight excluding hydrogens is 348 g/mol. The number of fused-ring (bicyclic) bond motifs is 2. The Morgan fingerprint density at radius 1 is 1.12 bits per heavy atom. The van der Waals surface area contributed by atoms with Crippen molar-refractivity contribution in [3.63, 3.8) is 0 Å². The van der Waals surface area contributed by atoms with Crippen LogP contribution in [0, 0.1) is 18.8 Å². The van der Waals surface area contributed by atoms with Crippen molar-refractivity contribution in [2.24, 2.45) is 11.8 Å². The Morgan fingerprint density at radius 2 is 1.88 bits per heavy atom. The van der Waals surface area contributed by atoms with Gasteiger partial charge in [-0.2, -0.15) is 4.31 Å². The topological polar surface area (TPSA) is 66.5 Å². The minimum Gasteiger partial charge on any atom is -0.349 e. The molecule has 26 heavy (non-hydrogen) atoms. The maximum absolute atomic E-state index is 13.0. The van der Waals surface area contributed by atoms with Gasteiger partial charge in [-0.25, -0.2) is 8.42 Å². The molecule has 1 amide bonds. The van der Waals surface area contributed by atoms with Gasteiger partial charge in [0.25, 0.3) is 5.91 Å². The van der Waals surface area contributed by atoms with E-state index in [4.69, 9.17) is 0 Å². The first-order valence-corrected chi connectivity index (χ1v) is 11.3. The van der Waals surface area contributed by atoms with E-state index in [0.717, 1.165) is 31.6 Å². The predicted molar refractivity (Wildman–Crippen MR) is 100 cm³/mol. The molecule has 4 rings (SSSR count). The van der Waals surface area contributed by atoms with Gasteiger partial charge in [0.2, 0.25) is 10.0 Å². The lowest BCUT2D eigenvalue weighted by Gasteiger charge is -2.27. The van der Waals surface area contributed by atoms with Gasteiger partial charge in [0, 0.05) is 24.7 Å². The van der Waals surface area contributed by atoms with Crippen molar-refractivity contribution in [2.45, 2.75) is 62.8 Å². The number of rotatable bonds is 4. The summed E-state index contributed by atoms with van der Waals surface area (Å²) < 4.78 is 27.6. The van der Waals surface area contributed by atoms with Crippen LogP contribution in [0.5, 0.6) is 0 Å². The second-order valence-electron chi connectivity index (χ2n) is 8.20. The fourth-order valence-corrected chi connectivity index (χ4v) is 6.70. The maximum Gasteiger partial charge on any atom is 0.251 e. The van der Waals surface area contributed by atoms with E-state index >= 15 is 0 Å². The number of sulfonamides is 1. The number of nitrogens with zero attached hydrogens (tertiary/aromatic N) is 1. The van der Waals surface area contributed by atoms with Crippen molar-refractivity contribution in [3.8, 4) is 0 Å². The summed E-state index contributed by atoms with van der Waals surface area (Å²) in [4.78, 5) is 13.0. The smallest absolute Gasteiger partial charge is 0.251 e. The van der Waals surface area contributed by atoms with E-state index in [1.807, 2.05) is 0 Å². The monoisotopic (exact) mass is 376 g/mol. The van der Waals surface area contributed by atoms with Gasteiger partial charge < -0.3 is 5.32 Å². The van der Waals surface area contributed by atoms with Crippen molar-refractivity contribution in [1.82, 2.24) is 9.62 Å². The molecule has 1 aromatic carbocycles. The molecule has 5 nitrogen and oxygen atoms in total. The third-order valence-corrected chi connectivity index (χ3v) is 8.48. The lowest BCUT2D eigenvalue weighted by Crippen LogP contribution is -2.39. The first-order chi connectivity index (χ1) is 12.4. The second kappa shape index (κ2) is 6.97. The van der Waals surface area contributed by atoms with Crippen molar-refractivity contribution in [2.75, 3.05) is 13.1 Å². The Balaban J connectivity index is 1.54. The third kappa shape index (κ3) is 3.29. The number of benzene rings is 1. The molecule has 0 radical (unpaired) electrons. The molecule has 2 saturated carbocycles. The number of hydrogen-bond donors (Lipinski definition) is 1. The summed E-state index contributed by atoms with van der Waals surface area (Å²) in [7, 11) is -3.53. The average molecular weight is 377 g/mol. The summed E-state index contributed by atoms with van der Waals surface area (Å²) >= 11 is 0. The normalized spacial score (nSPS) is 29.0. The van der Waals surface area contributed by atoms with Crippen molar-refractivity contribution >= 4 is 15.9 Å². The Kier molecular flexibility index (Phi) is 4.82. The number of hydrogen-bond acceptors (Lipinski definition) is 3. The molecule has 1 aliphatic heterocycles. The van der Waals surface area contributed by atoms with Crippen LogP contribution in [0.1, 0.15) is 60.9 Å². The summed E-state index contributed by atoms with van der Waals surface area (Å²) in [5, 5.41) is 3.16. The molecular formula is C20H28N2O3S. The van der Waals surface area contributed by atoms with E-state index in [-0.39, 0.29) is 16.8 Å². The number of carbonyl (C=O) groups is 1. The summed E-state index contributed by atoms with van der Waals surface area (Å²) in [6.07, 6.45) is 7.69. The van der Waals surface area contributed by atoms with Crippen LogP contribution < -0.4 is 5.32 Å². The highest BCUT2D eigenvalue weighted by atomic mass is 32.2. The highest BCUT2D eigenvalue weighted by Crippen LogP contribution is 2.44. The van der Waals surface area contributed by atoms with E-state index in [9.17, 15) is 13.2 Å². The first kappa shape index (κ1) is 18.0. The molecule has 1 heterocycles. The molecule has 3 atom stereocenters. The standard InChI is InChI=1S/C20H28N2O3S/c1-14-5-7-17(20(23)21-18-12-15-6-8-16(18)11-15)13-19(14)26(24,25)22-9-3-2-4-10-22/h5,7,13,15-16,18H,2-4,6,8-12H2,1H3,(H,21,23)/t15-,16-,18-/m1/s1. The van der Waals surface area contributed by atoms with E-state index in [2.05, 4.69) is 5.32 Å². The van der Waals surface area contributed by atoms with Gasteiger partial charge in [-0.05, 0) is 68.6 Å². The number of piperidine rings is 1. The van der Waals surface area contributed by atoms with Crippen molar-refractivity contribution in [1.29, 1.82) is 0 Å². The first-order valence-electron chi connectivity index (χ1n) is 9.87. The van der Waals surface area contributed by atoms with Crippen molar-refractivity contribution in [3.05, 3.63) is 29.3 Å². The zero-order chi connectivity index (χ0) is 18.3. The van der Waals surface area contributed by atoms with Gasteiger partial charge in [-0.3, -0.25) is 4.79 Å². The summed E-state index contributed by atoms with van der Waals surface area (Å²) in [5.74, 6) is 1.22. The van der Waals surface area contributed by atoms with Crippen LogP contribution in [0.25, 0.3) is 0 Å². The Bertz CT molecular complexity index is 799. The SMILES string of the molecule is Cc1ccc(C(=O)N[C@@H]2C[C@@H]3CC[C@@H]2C3)cc1S(=O)(=O)N1CCCCC1. The lowest BCUT2D eigenvalue weighted by molar-refractivity contribution is 0.0922. The maximum atomic E-state index is 13.0. The number of carbonyl (C=O) groups excluding carboxylic acids is 1. The Morgan fingerprint density at radius 3 is 2.54 bits per heavy atom. The van der Waals surface area contributed by atoms with Crippen LogP contribution in [0.3, 0.4) is 0 Å². The molecule has 0 aromatic heterocycles.